The zero-order chi connectivity index (χ0) is 25.1. The van der Waals surface area contributed by atoms with Gasteiger partial charge in [-0.2, -0.15) is 4.31 Å². The molecular weight excluding hydrogens is 490 g/mol. The van der Waals surface area contributed by atoms with E-state index in [2.05, 4.69) is 4.72 Å². The van der Waals surface area contributed by atoms with Crippen LogP contribution in [0.4, 0.5) is 5.69 Å². The highest BCUT2D eigenvalue weighted by Crippen LogP contribution is 2.27. The Morgan fingerprint density at radius 2 is 1.37 bits per heavy atom. The summed E-state index contributed by atoms with van der Waals surface area (Å²) in [6, 6.07) is 9.85. The summed E-state index contributed by atoms with van der Waals surface area (Å²) < 4.78 is 61.3. The van der Waals surface area contributed by atoms with Crippen molar-refractivity contribution in [2.75, 3.05) is 38.0 Å². The van der Waals surface area contributed by atoms with Crippen LogP contribution in [0.15, 0.2) is 52.3 Å². The van der Waals surface area contributed by atoms with Crippen molar-refractivity contribution in [2.24, 2.45) is 0 Å². The molecule has 0 spiro atoms. The third kappa shape index (κ3) is 5.62. The second kappa shape index (κ2) is 10.5. The maximum atomic E-state index is 13.1. The highest BCUT2D eigenvalue weighted by atomic mass is 32.2. The summed E-state index contributed by atoms with van der Waals surface area (Å²) >= 11 is 0. The molecule has 0 atom stereocenters. The van der Waals surface area contributed by atoms with Crippen molar-refractivity contribution >= 4 is 31.6 Å². The normalized spacial score (nSPS) is 17.7. The molecular formula is C24H31N3O6S2. The van der Waals surface area contributed by atoms with E-state index in [1.807, 2.05) is 0 Å². The van der Waals surface area contributed by atoms with Crippen LogP contribution < -0.4 is 9.46 Å². The molecule has 2 heterocycles. The van der Waals surface area contributed by atoms with E-state index in [4.69, 9.17) is 4.74 Å². The fraction of sp³-hybridized carbons (Fsp3) is 0.458. The Morgan fingerprint density at radius 3 is 1.97 bits per heavy atom. The number of hydrogen-bond donors (Lipinski definition) is 1. The zero-order valence-electron chi connectivity index (χ0n) is 19.8. The summed E-state index contributed by atoms with van der Waals surface area (Å²) in [6.45, 7) is 2.24. The third-order valence-corrected chi connectivity index (χ3v) is 9.71. The van der Waals surface area contributed by atoms with Crippen LogP contribution in [0.5, 0.6) is 5.75 Å². The molecule has 2 aromatic carbocycles. The molecule has 2 saturated heterocycles. The number of benzene rings is 2. The Labute approximate surface area is 207 Å². The Bertz CT molecular complexity index is 1260. The molecule has 0 bridgehead atoms. The van der Waals surface area contributed by atoms with Gasteiger partial charge in [0.2, 0.25) is 10.0 Å². The van der Waals surface area contributed by atoms with Gasteiger partial charge < -0.3 is 9.64 Å². The molecule has 1 amide bonds. The van der Waals surface area contributed by atoms with Crippen LogP contribution in [0, 0.1) is 0 Å². The molecule has 0 aromatic heterocycles. The monoisotopic (exact) mass is 521 g/mol. The minimum Gasteiger partial charge on any atom is -0.496 e. The van der Waals surface area contributed by atoms with Crippen molar-refractivity contribution in [1.82, 2.24) is 9.21 Å². The van der Waals surface area contributed by atoms with Crippen molar-refractivity contribution in [3.8, 4) is 5.75 Å². The van der Waals surface area contributed by atoms with E-state index in [1.54, 1.807) is 4.90 Å². The predicted octanol–water partition coefficient (Wildman–Crippen LogP) is 3.30. The summed E-state index contributed by atoms with van der Waals surface area (Å²) in [6.07, 6.45) is 5.53. The highest BCUT2D eigenvalue weighted by Gasteiger charge is 2.27. The number of carbonyl (C=O) groups is 1. The first kappa shape index (κ1) is 25.5. The SMILES string of the molecule is COc1ccc(S(=O)(=O)Nc2ccc(S(=O)(=O)N3CCCCCC3)cc2)cc1C(=O)N1CCCC1. The van der Waals surface area contributed by atoms with E-state index in [-0.39, 0.29) is 26.9 Å². The van der Waals surface area contributed by atoms with Gasteiger partial charge in [0.1, 0.15) is 5.75 Å². The number of ether oxygens (including phenoxy) is 1. The Hall–Kier alpha value is -2.63. The molecule has 0 radical (unpaired) electrons. The van der Waals surface area contributed by atoms with Crippen LogP contribution in [0.3, 0.4) is 0 Å². The fourth-order valence-electron chi connectivity index (χ4n) is 4.45. The number of anilines is 1. The number of hydrogen-bond acceptors (Lipinski definition) is 6. The lowest BCUT2D eigenvalue weighted by Crippen LogP contribution is -2.31. The van der Waals surface area contributed by atoms with E-state index < -0.39 is 20.0 Å². The number of methoxy groups -OCH3 is 1. The minimum absolute atomic E-state index is 0.0814. The van der Waals surface area contributed by atoms with Gasteiger partial charge >= 0.3 is 0 Å². The van der Waals surface area contributed by atoms with Gasteiger partial charge in [-0.3, -0.25) is 9.52 Å². The minimum atomic E-state index is -4.03. The molecule has 0 unspecified atom stereocenters. The number of nitrogens with one attached hydrogen (secondary N) is 1. The van der Waals surface area contributed by atoms with Gasteiger partial charge in [-0.15, -0.1) is 0 Å². The summed E-state index contributed by atoms with van der Waals surface area (Å²) in [4.78, 5) is 14.7. The average Bonchev–Trinajstić information content (AvgIpc) is 3.24. The average molecular weight is 522 g/mol. The van der Waals surface area contributed by atoms with Crippen LogP contribution in [-0.2, 0) is 20.0 Å². The molecule has 2 fully saturated rings. The van der Waals surface area contributed by atoms with Gasteiger partial charge in [0.05, 0.1) is 22.5 Å². The van der Waals surface area contributed by atoms with Crippen molar-refractivity contribution < 1.29 is 26.4 Å². The molecule has 0 aliphatic carbocycles. The third-order valence-electron chi connectivity index (χ3n) is 6.41. The fourth-order valence-corrected chi connectivity index (χ4v) is 7.05. The maximum Gasteiger partial charge on any atom is 0.261 e. The predicted molar refractivity (Wildman–Crippen MR) is 133 cm³/mol. The lowest BCUT2D eigenvalue weighted by atomic mass is 10.1. The first-order chi connectivity index (χ1) is 16.7. The first-order valence-corrected chi connectivity index (χ1v) is 14.7. The van der Waals surface area contributed by atoms with Crippen molar-refractivity contribution in [3.05, 3.63) is 48.0 Å². The van der Waals surface area contributed by atoms with E-state index >= 15 is 0 Å². The lowest BCUT2D eigenvalue weighted by Gasteiger charge is -2.20. The van der Waals surface area contributed by atoms with Crippen LogP contribution in [0.25, 0.3) is 0 Å². The lowest BCUT2D eigenvalue weighted by molar-refractivity contribution is 0.0789. The molecule has 11 heteroatoms. The smallest absolute Gasteiger partial charge is 0.261 e. The number of likely N-dealkylation sites (tertiary alicyclic amines) is 1. The molecule has 2 aliphatic heterocycles. The van der Waals surface area contributed by atoms with E-state index in [0.29, 0.717) is 31.9 Å². The van der Waals surface area contributed by atoms with Crippen LogP contribution in [0.2, 0.25) is 0 Å². The first-order valence-electron chi connectivity index (χ1n) is 11.8. The van der Waals surface area contributed by atoms with Crippen LogP contribution >= 0.6 is 0 Å². The van der Waals surface area contributed by atoms with Gasteiger partial charge in [0.15, 0.2) is 0 Å². The van der Waals surface area contributed by atoms with E-state index in [9.17, 15) is 21.6 Å². The second-order valence-corrected chi connectivity index (χ2v) is 12.4. The number of amides is 1. The second-order valence-electron chi connectivity index (χ2n) is 8.81. The quantitative estimate of drug-likeness (QED) is 0.598. The van der Waals surface area contributed by atoms with E-state index in [1.165, 1.54) is 53.9 Å². The highest BCUT2D eigenvalue weighted by molar-refractivity contribution is 7.92. The van der Waals surface area contributed by atoms with Crippen LogP contribution in [-0.4, -0.2) is 65.2 Å². The zero-order valence-corrected chi connectivity index (χ0v) is 21.4. The van der Waals surface area contributed by atoms with Crippen molar-refractivity contribution in [1.29, 1.82) is 0 Å². The topological polar surface area (TPSA) is 113 Å². The molecule has 2 aliphatic rings. The summed E-state index contributed by atoms with van der Waals surface area (Å²) in [7, 11) is -6.22. The molecule has 9 nitrogen and oxygen atoms in total. The molecule has 190 valence electrons. The van der Waals surface area contributed by atoms with Gasteiger partial charge in [0, 0.05) is 31.9 Å². The summed E-state index contributed by atoms with van der Waals surface area (Å²) in [5, 5.41) is 0. The maximum absolute atomic E-state index is 13.1. The van der Waals surface area contributed by atoms with Gasteiger partial charge in [-0.25, -0.2) is 16.8 Å². The number of nitrogens with zero attached hydrogens (tertiary/aromatic N) is 2. The van der Waals surface area contributed by atoms with Gasteiger partial charge in [0.25, 0.3) is 15.9 Å². The summed E-state index contributed by atoms with van der Waals surface area (Å²) in [5.41, 5.74) is 0.416. The molecule has 4 rings (SSSR count). The molecule has 35 heavy (non-hydrogen) atoms. The van der Waals surface area contributed by atoms with E-state index in [0.717, 1.165) is 38.5 Å². The molecule has 1 N–H and O–H groups in total. The number of carbonyl (C=O) groups excluding carboxylic acids is 1. The van der Waals surface area contributed by atoms with Crippen molar-refractivity contribution in [2.45, 2.75) is 48.3 Å². The molecule has 2 aromatic rings. The number of sulfonamides is 2. The largest absolute Gasteiger partial charge is 0.496 e. The van der Waals surface area contributed by atoms with Gasteiger partial charge in [-0.05, 0) is 68.1 Å². The number of rotatable bonds is 7. The molecule has 0 saturated carbocycles. The van der Waals surface area contributed by atoms with Gasteiger partial charge in [-0.1, -0.05) is 12.8 Å². The Balaban J connectivity index is 1.54. The van der Waals surface area contributed by atoms with Crippen molar-refractivity contribution in [3.63, 3.8) is 0 Å². The standard InChI is InChI=1S/C24H31N3O6S2/c1-33-23-13-12-21(18-22(23)24(28)26-14-6-7-15-26)34(29,30)25-19-8-10-20(11-9-19)35(31,32)27-16-4-2-3-5-17-27/h8-13,18,25H,2-7,14-17H2,1H3. The van der Waals surface area contributed by atoms with Crippen LogP contribution in [0.1, 0.15) is 48.9 Å². The summed E-state index contributed by atoms with van der Waals surface area (Å²) in [5.74, 6) is 0.0448. The Kier molecular flexibility index (Phi) is 7.67. The Morgan fingerprint density at radius 1 is 0.800 bits per heavy atom.